The lowest BCUT2D eigenvalue weighted by Gasteiger charge is -2.48. The maximum atomic E-state index is 7.09. The van der Waals surface area contributed by atoms with Gasteiger partial charge >= 0.3 is 0 Å². The van der Waals surface area contributed by atoms with E-state index in [1.165, 1.54) is 111 Å². The van der Waals surface area contributed by atoms with Crippen LogP contribution in [0.5, 0.6) is 0 Å². The molecule has 0 amide bonds. The number of benzene rings is 20. The van der Waals surface area contributed by atoms with Crippen molar-refractivity contribution < 1.29 is 17.7 Å². The number of hydrogen-bond donors (Lipinski definition) is 0. The molecule has 2 atom stereocenters. The molecule has 24 aromatic rings. The summed E-state index contributed by atoms with van der Waals surface area (Å²) in [5, 5.41) is 29.0. The number of fused-ring (bicyclic) bond motifs is 12. The van der Waals surface area contributed by atoms with Crippen LogP contribution in [0.2, 0.25) is 76.6 Å². The SMILES string of the molecule is C[Si](C)(C)c1ccc(N(c2ccc3ccc4c(N(c5ccc([Si](C)(C)C6CCCCC6[Si](C)(C)c6ccc(N(c7ccc8ccc9c(N(c%10ccc([Si](C)(C)C)cc%10)c%10cccc%11c%10oc%10ccccc%10%11)ccc%10ccc7c8c%109)c7cccc8c7oc7ccccc78)cc6)cc5)c5cccc6c5oc5ccccc56)ccc5ccc2c3c54)c2cccc3c2oc2ccccc23)cc1. The molecule has 1 aliphatic carbocycles. The zero-order chi connectivity index (χ0) is 89.0. The Balaban J connectivity index is 0.587. The molecule has 20 aromatic carbocycles. The minimum atomic E-state index is -2.27. The zero-order valence-electron chi connectivity index (χ0n) is 76.0. The summed E-state index contributed by atoms with van der Waals surface area (Å²) in [4.78, 5) is 9.89. The highest BCUT2D eigenvalue weighted by atomic mass is 28.3. The molecule has 4 heterocycles. The van der Waals surface area contributed by atoms with Gasteiger partial charge in [-0.3, -0.25) is 0 Å². The van der Waals surface area contributed by atoms with E-state index in [4.69, 9.17) is 17.7 Å². The molecule has 2 unspecified atom stereocenters. The van der Waals surface area contributed by atoms with E-state index < -0.39 is 32.3 Å². The molecule has 132 heavy (non-hydrogen) atoms. The van der Waals surface area contributed by atoms with Gasteiger partial charge in [-0.25, -0.2) is 0 Å². The number of para-hydroxylation sites is 8. The molecule has 0 spiro atoms. The van der Waals surface area contributed by atoms with Crippen LogP contribution in [0.25, 0.3) is 152 Å². The Morgan fingerprint density at radius 2 is 0.417 bits per heavy atom. The quantitative estimate of drug-likeness (QED) is 0.0622. The number of nitrogens with zero attached hydrogens (tertiary/aromatic N) is 4. The zero-order valence-corrected chi connectivity index (χ0v) is 80.0. The Kier molecular flexibility index (Phi) is 18.2. The second kappa shape index (κ2) is 30.2. The summed E-state index contributed by atoms with van der Waals surface area (Å²) in [6, 6.07) is 137. The van der Waals surface area contributed by atoms with E-state index in [0.29, 0.717) is 11.1 Å². The lowest BCUT2D eigenvalue weighted by molar-refractivity contribution is 0.484. The van der Waals surface area contributed by atoms with Crippen LogP contribution in [-0.4, -0.2) is 32.3 Å². The van der Waals surface area contributed by atoms with Crippen LogP contribution in [0.3, 0.4) is 0 Å². The number of rotatable bonds is 18. The molecule has 0 bridgehead atoms. The Labute approximate surface area is 771 Å². The van der Waals surface area contributed by atoms with E-state index in [-0.39, 0.29) is 0 Å². The van der Waals surface area contributed by atoms with Crippen LogP contribution in [0.15, 0.2) is 382 Å². The first-order valence-electron chi connectivity index (χ1n) is 46.9. The fraction of sp³-hybridized carbons (Fsp3) is 0.133. The molecule has 8 nitrogen and oxygen atoms in total. The summed E-state index contributed by atoms with van der Waals surface area (Å²) in [7, 11) is -7.82. The van der Waals surface area contributed by atoms with Gasteiger partial charge in [0, 0.05) is 87.4 Å². The smallest absolute Gasteiger partial charge is 0.159 e. The van der Waals surface area contributed by atoms with Crippen LogP contribution < -0.4 is 40.3 Å². The van der Waals surface area contributed by atoms with Gasteiger partial charge in [-0.1, -0.05) is 355 Å². The summed E-state index contributed by atoms with van der Waals surface area (Å²) in [5.74, 6) is 0. The second-order valence-corrected chi connectivity index (χ2v) is 59.8. The van der Waals surface area contributed by atoms with Gasteiger partial charge in [-0.2, -0.15) is 0 Å². The van der Waals surface area contributed by atoms with Crippen molar-refractivity contribution in [2.24, 2.45) is 0 Å². The second-order valence-electron chi connectivity index (χ2n) is 40.2. The first kappa shape index (κ1) is 79.9. The van der Waals surface area contributed by atoms with Crippen LogP contribution in [-0.2, 0) is 0 Å². The monoisotopic (exact) mass is 1770 g/mol. The third-order valence-corrected chi connectivity index (χ3v) is 43.2. The number of anilines is 12. The molecule has 640 valence electrons. The van der Waals surface area contributed by atoms with Crippen molar-refractivity contribution in [3.8, 4) is 0 Å². The predicted molar refractivity (Wildman–Crippen MR) is 574 cm³/mol. The fourth-order valence-electron chi connectivity index (χ4n) is 23.2. The van der Waals surface area contributed by atoms with E-state index in [2.05, 4.69) is 449 Å². The summed E-state index contributed by atoms with van der Waals surface area (Å²) < 4.78 is 28.0. The van der Waals surface area contributed by atoms with Crippen molar-refractivity contribution in [1.29, 1.82) is 0 Å². The van der Waals surface area contributed by atoms with Crippen molar-refractivity contribution in [3.05, 3.63) is 364 Å². The maximum absolute atomic E-state index is 7.09. The highest BCUT2D eigenvalue weighted by Crippen LogP contribution is 2.56. The maximum Gasteiger partial charge on any atom is 0.159 e. The van der Waals surface area contributed by atoms with Gasteiger partial charge in [-0.15, -0.1) is 0 Å². The molecule has 4 aromatic heterocycles. The molecule has 0 N–H and O–H groups in total. The molecule has 12 heteroatoms. The molecule has 25 rings (SSSR count). The Hall–Kier alpha value is -14.3. The molecule has 1 fully saturated rings. The topological polar surface area (TPSA) is 65.5 Å². The van der Waals surface area contributed by atoms with E-state index in [1.54, 1.807) is 0 Å². The van der Waals surface area contributed by atoms with Gasteiger partial charge in [-0.05, 0) is 175 Å². The third-order valence-electron chi connectivity index (χ3n) is 30.0. The Morgan fingerprint density at radius 1 is 0.197 bits per heavy atom. The highest BCUT2D eigenvalue weighted by molar-refractivity contribution is 6.96. The summed E-state index contributed by atoms with van der Waals surface area (Å²) in [5.41, 5.74) is 20.8. The largest absolute Gasteiger partial charge is 0.454 e. The van der Waals surface area contributed by atoms with E-state index in [9.17, 15) is 0 Å². The van der Waals surface area contributed by atoms with E-state index in [0.717, 1.165) is 156 Å². The molecule has 0 radical (unpaired) electrons. The van der Waals surface area contributed by atoms with Crippen molar-refractivity contribution in [1.82, 2.24) is 0 Å². The van der Waals surface area contributed by atoms with E-state index in [1.807, 2.05) is 0 Å². The molecular formula is C120H100N4O4Si4. The summed E-state index contributed by atoms with van der Waals surface area (Å²) >= 11 is 0. The highest BCUT2D eigenvalue weighted by Gasteiger charge is 2.48. The van der Waals surface area contributed by atoms with Crippen LogP contribution in [0.1, 0.15) is 25.7 Å². The molecular weight excluding hydrogens is 1670 g/mol. The van der Waals surface area contributed by atoms with Crippen LogP contribution in [0.4, 0.5) is 68.2 Å². The van der Waals surface area contributed by atoms with Gasteiger partial charge in [0.2, 0.25) is 0 Å². The predicted octanol–water partition coefficient (Wildman–Crippen LogP) is 33.9. The third kappa shape index (κ3) is 12.5. The van der Waals surface area contributed by atoms with Crippen LogP contribution >= 0.6 is 0 Å². The summed E-state index contributed by atoms with van der Waals surface area (Å²) in [6.45, 7) is 25.3. The summed E-state index contributed by atoms with van der Waals surface area (Å²) in [6.07, 6.45) is 4.96. The first-order chi connectivity index (χ1) is 64.2. The van der Waals surface area contributed by atoms with Gasteiger partial charge in [0.25, 0.3) is 0 Å². The Morgan fingerprint density at radius 3 is 0.659 bits per heavy atom. The minimum absolute atomic E-state index is 0.565. The molecule has 0 saturated heterocycles. The number of furan rings is 4. The molecule has 1 aliphatic rings. The van der Waals surface area contributed by atoms with E-state index >= 15 is 0 Å². The first-order valence-corrected chi connectivity index (χ1v) is 60.1. The standard InChI is InChI=1S/C120H100N4O4Si4/c1-129(2,3)83-59-51-79(52-60-83)121(103-33-21-29-91-87-25-11-15-37-107(87)125-117(91)103)99-71-47-75-45-69-97-101(73-49-77-43-67-95(99)113(75)115(77)97)123(105-35-23-31-93-89-27-13-17-39-109(89)127-119(93)105)81-55-63-85(64-56-81)131(7,8)111-41-19-20-42-112(111)132(9,10)86-65-57-82(58-66-86)124(106-36-24-32-94-90-28-14-18-40-110(90)128-120(94)106)102-74-50-78-44-68-96-100(72-48-76-46-70-98(102)116(78)114(76)96)122(80-53-61-84(62-54-80)130(4,5)6)104-34-22-30-92-88-26-12-16-38-108(88)126-118(92)104/h11-18,21-40,43-74,111-112H,19-20,41-42H2,1-10H3. The number of hydrogen-bond acceptors (Lipinski definition) is 8. The van der Waals surface area contributed by atoms with Crippen molar-refractivity contribution in [3.63, 3.8) is 0 Å². The van der Waals surface area contributed by atoms with Crippen molar-refractivity contribution in [2.75, 3.05) is 19.6 Å². The average molecular weight is 1770 g/mol. The lowest BCUT2D eigenvalue weighted by atomic mass is 9.91. The molecule has 1 saturated carbocycles. The van der Waals surface area contributed by atoms with Crippen LogP contribution in [0, 0.1) is 0 Å². The molecule has 0 aliphatic heterocycles. The van der Waals surface area contributed by atoms with Crippen molar-refractivity contribution in [2.45, 2.75) is 102 Å². The van der Waals surface area contributed by atoms with Gasteiger partial charge < -0.3 is 37.3 Å². The van der Waals surface area contributed by atoms with Gasteiger partial charge in [0.05, 0.1) is 77.8 Å². The normalized spacial score (nSPS) is 14.5. The fourth-order valence-corrected chi connectivity index (χ4v) is 35.1. The Bertz CT molecular complexity index is 8230. The lowest BCUT2D eigenvalue weighted by Crippen LogP contribution is -2.56. The van der Waals surface area contributed by atoms with Gasteiger partial charge in [0.15, 0.2) is 22.3 Å². The van der Waals surface area contributed by atoms with Crippen molar-refractivity contribution >= 4 is 274 Å². The minimum Gasteiger partial charge on any atom is -0.454 e. The average Bonchev–Trinajstić information content (AvgIpc) is 0.934. The van der Waals surface area contributed by atoms with Gasteiger partial charge in [0.1, 0.15) is 22.3 Å².